The molecule has 0 spiro atoms. The van der Waals surface area contributed by atoms with Crippen molar-refractivity contribution in [1.82, 2.24) is 10.2 Å². The highest BCUT2D eigenvalue weighted by atomic mass is 16.6. The number of hydrogen-bond donors (Lipinski definition) is 3. The number of carbonyl (C=O) groups excluding carboxylic acids is 3. The normalized spacial score (nSPS) is 12.5. The number of rotatable bonds is 11. The largest absolute Gasteiger partial charge is 0.497 e. The Labute approximate surface area is 235 Å². The minimum Gasteiger partial charge on any atom is -0.497 e. The third kappa shape index (κ3) is 8.84. The Morgan fingerprint density at radius 3 is 2.05 bits per heavy atom. The minimum atomic E-state index is -1.10. The molecule has 212 valence electrons. The Kier molecular flexibility index (Phi) is 10.7. The van der Waals surface area contributed by atoms with E-state index in [1.165, 1.54) is 4.90 Å². The number of aliphatic hydroxyl groups is 1. The number of carbonyl (C=O) groups is 3. The van der Waals surface area contributed by atoms with E-state index in [4.69, 9.17) is 9.47 Å². The zero-order valence-electron chi connectivity index (χ0n) is 23.3. The average Bonchev–Trinajstić information content (AvgIpc) is 2.92. The molecule has 40 heavy (non-hydrogen) atoms. The van der Waals surface area contributed by atoms with Crippen molar-refractivity contribution in [3.63, 3.8) is 0 Å². The smallest absolute Gasteiger partial charge is 0.408 e. The highest BCUT2D eigenvalue weighted by Crippen LogP contribution is 2.25. The second kappa shape index (κ2) is 14.1. The molecule has 0 bridgehead atoms. The van der Waals surface area contributed by atoms with Gasteiger partial charge >= 0.3 is 6.09 Å². The molecule has 2 atom stereocenters. The molecule has 2 unspecified atom stereocenters. The van der Waals surface area contributed by atoms with Gasteiger partial charge in [0.1, 0.15) is 23.4 Å². The van der Waals surface area contributed by atoms with Crippen LogP contribution in [0.15, 0.2) is 84.9 Å². The summed E-state index contributed by atoms with van der Waals surface area (Å²) in [5.41, 5.74) is 1.08. The lowest BCUT2D eigenvalue weighted by atomic mass is 10.00. The van der Waals surface area contributed by atoms with E-state index < -0.39 is 42.2 Å². The Morgan fingerprint density at radius 2 is 1.50 bits per heavy atom. The minimum absolute atomic E-state index is 0.143. The van der Waals surface area contributed by atoms with Crippen LogP contribution in [-0.4, -0.2) is 59.8 Å². The Balaban J connectivity index is 1.98. The number of ether oxygens (including phenoxy) is 2. The van der Waals surface area contributed by atoms with Gasteiger partial charge in [-0.2, -0.15) is 0 Å². The summed E-state index contributed by atoms with van der Waals surface area (Å²) in [7, 11) is 1.55. The van der Waals surface area contributed by atoms with Gasteiger partial charge in [0.2, 0.25) is 5.91 Å². The summed E-state index contributed by atoms with van der Waals surface area (Å²) in [6.07, 6.45) is -0.604. The van der Waals surface area contributed by atoms with Crippen molar-refractivity contribution in [3.05, 3.63) is 96.1 Å². The van der Waals surface area contributed by atoms with E-state index in [2.05, 4.69) is 10.6 Å². The van der Waals surface area contributed by atoms with E-state index in [1.807, 2.05) is 36.4 Å². The maximum Gasteiger partial charge on any atom is 0.408 e. The molecule has 9 nitrogen and oxygen atoms in total. The molecule has 0 saturated heterocycles. The molecule has 0 radical (unpaired) electrons. The first kappa shape index (κ1) is 30.2. The lowest BCUT2D eigenvalue weighted by Gasteiger charge is -2.34. The van der Waals surface area contributed by atoms with Crippen LogP contribution in [0.3, 0.4) is 0 Å². The van der Waals surface area contributed by atoms with Crippen LogP contribution in [0.2, 0.25) is 0 Å². The van der Waals surface area contributed by atoms with Crippen molar-refractivity contribution in [3.8, 4) is 5.75 Å². The molecular formula is C31H37N3O6. The standard InChI is InChI=1S/C31H37N3O6/c1-31(2,3)40-30(38)33-26(21-22-11-7-5-8-12-22)29(37)34(19-20-35)27(23-13-9-6-10-14-23)28(36)32-24-15-17-25(39-4)18-16-24/h5-18,26-27,35H,19-21H2,1-4H3,(H,32,36)(H,33,38). The van der Waals surface area contributed by atoms with Crippen molar-refractivity contribution in [2.45, 2.75) is 44.9 Å². The zero-order chi connectivity index (χ0) is 29.1. The second-order valence-electron chi connectivity index (χ2n) is 10.2. The van der Waals surface area contributed by atoms with Gasteiger partial charge in [-0.05, 0) is 56.2 Å². The first-order valence-corrected chi connectivity index (χ1v) is 13.1. The quantitative estimate of drug-likeness (QED) is 0.329. The highest BCUT2D eigenvalue weighted by Gasteiger charge is 2.36. The zero-order valence-corrected chi connectivity index (χ0v) is 23.3. The molecule has 3 amide bonds. The van der Waals surface area contributed by atoms with E-state index in [9.17, 15) is 19.5 Å². The molecule has 0 aliphatic heterocycles. The number of methoxy groups -OCH3 is 1. The number of anilines is 1. The fourth-order valence-electron chi connectivity index (χ4n) is 4.17. The number of amides is 3. The summed E-state index contributed by atoms with van der Waals surface area (Å²) < 4.78 is 10.6. The predicted molar refractivity (Wildman–Crippen MR) is 153 cm³/mol. The maximum absolute atomic E-state index is 14.1. The summed E-state index contributed by atoms with van der Waals surface area (Å²) in [5.74, 6) is -0.386. The van der Waals surface area contributed by atoms with E-state index in [0.717, 1.165) is 5.56 Å². The molecule has 9 heteroatoms. The maximum atomic E-state index is 14.1. The van der Waals surface area contributed by atoms with Crippen LogP contribution in [0.1, 0.15) is 37.9 Å². The van der Waals surface area contributed by atoms with Gasteiger partial charge in [0, 0.05) is 18.7 Å². The van der Waals surface area contributed by atoms with Crippen LogP contribution >= 0.6 is 0 Å². The van der Waals surface area contributed by atoms with Gasteiger partial charge < -0.3 is 30.1 Å². The van der Waals surface area contributed by atoms with Gasteiger partial charge in [-0.25, -0.2) is 4.79 Å². The molecule has 3 N–H and O–H groups in total. The van der Waals surface area contributed by atoms with Crippen LogP contribution in [0.5, 0.6) is 5.75 Å². The Hall–Kier alpha value is -4.37. The molecule has 3 rings (SSSR count). The van der Waals surface area contributed by atoms with Crippen LogP contribution in [0, 0.1) is 0 Å². The van der Waals surface area contributed by atoms with Gasteiger partial charge in [-0.1, -0.05) is 60.7 Å². The van der Waals surface area contributed by atoms with Gasteiger partial charge in [-0.3, -0.25) is 9.59 Å². The monoisotopic (exact) mass is 547 g/mol. The molecule has 3 aromatic rings. The summed E-state index contributed by atoms with van der Waals surface area (Å²) >= 11 is 0. The van der Waals surface area contributed by atoms with Gasteiger partial charge in [-0.15, -0.1) is 0 Å². The SMILES string of the molecule is COc1ccc(NC(=O)C(c2ccccc2)N(CCO)C(=O)C(Cc2ccccc2)NC(=O)OC(C)(C)C)cc1. The summed E-state index contributed by atoms with van der Waals surface area (Å²) in [6, 6.07) is 22.7. The van der Waals surface area contributed by atoms with Crippen LogP contribution < -0.4 is 15.4 Å². The Morgan fingerprint density at radius 1 is 0.900 bits per heavy atom. The molecule has 0 saturated carbocycles. The molecule has 0 aliphatic carbocycles. The Bertz CT molecular complexity index is 1240. The number of hydrogen-bond acceptors (Lipinski definition) is 6. The number of benzene rings is 3. The lowest BCUT2D eigenvalue weighted by molar-refractivity contribution is -0.141. The van der Waals surface area contributed by atoms with Crippen molar-refractivity contribution in [2.24, 2.45) is 0 Å². The van der Waals surface area contributed by atoms with Crippen LogP contribution in [-0.2, 0) is 20.7 Å². The molecule has 3 aromatic carbocycles. The van der Waals surface area contributed by atoms with E-state index in [1.54, 1.807) is 76.4 Å². The van der Waals surface area contributed by atoms with Crippen molar-refractivity contribution in [2.75, 3.05) is 25.6 Å². The van der Waals surface area contributed by atoms with Crippen LogP contribution in [0.25, 0.3) is 0 Å². The van der Waals surface area contributed by atoms with Crippen LogP contribution in [0.4, 0.5) is 10.5 Å². The third-order valence-corrected chi connectivity index (χ3v) is 5.93. The van der Waals surface area contributed by atoms with Gasteiger partial charge in [0.05, 0.1) is 13.7 Å². The third-order valence-electron chi connectivity index (χ3n) is 5.93. The predicted octanol–water partition coefficient (Wildman–Crippen LogP) is 4.33. The number of nitrogens with one attached hydrogen (secondary N) is 2. The number of aliphatic hydroxyl groups excluding tert-OH is 1. The lowest BCUT2D eigenvalue weighted by Crippen LogP contribution is -2.53. The molecule has 0 aliphatic rings. The van der Waals surface area contributed by atoms with Gasteiger partial charge in [0.25, 0.3) is 5.91 Å². The number of alkyl carbamates (subject to hydrolysis) is 1. The van der Waals surface area contributed by atoms with Crippen molar-refractivity contribution < 1.29 is 29.0 Å². The fourth-order valence-corrected chi connectivity index (χ4v) is 4.17. The van der Waals surface area contributed by atoms with E-state index >= 15 is 0 Å². The first-order chi connectivity index (χ1) is 19.1. The molecular weight excluding hydrogens is 510 g/mol. The molecule has 0 aromatic heterocycles. The van der Waals surface area contributed by atoms with E-state index in [-0.39, 0.29) is 13.0 Å². The second-order valence-corrected chi connectivity index (χ2v) is 10.2. The summed E-state index contributed by atoms with van der Waals surface area (Å²) in [6.45, 7) is 4.65. The molecule has 0 fully saturated rings. The van der Waals surface area contributed by atoms with E-state index in [0.29, 0.717) is 17.0 Å². The summed E-state index contributed by atoms with van der Waals surface area (Å²) in [4.78, 5) is 42.0. The fraction of sp³-hybridized carbons (Fsp3) is 0.323. The molecule has 0 heterocycles. The average molecular weight is 548 g/mol. The topological polar surface area (TPSA) is 117 Å². The van der Waals surface area contributed by atoms with Gasteiger partial charge in [0.15, 0.2) is 0 Å². The van der Waals surface area contributed by atoms with Crippen molar-refractivity contribution in [1.29, 1.82) is 0 Å². The van der Waals surface area contributed by atoms with Crippen molar-refractivity contribution >= 4 is 23.6 Å². The summed E-state index contributed by atoms with van der Waals surface area (Å²) in [5, 5.41) is 15.5. The highest BCUT2D eigenvalue weighted by molar-refractivity contribution is 5.99. The first-order valence-electron chi connectivity index (χ1n) is 13.1. The number of nitrogens with zero attached hydrogens (tertiary/aromatic N) is 1.